The van der Waals surface area contributed by atoms with Crippen molar-refractivity contribution in [3.8, 4) is 0 Å². The molecule has 1 unspecified atom stereocenters. The number of anilines is 3. The molecule has 0 aliphatic carbocycles. The molecule has 0 saturated carbocycles. The summed E-state index contributed by atoms with van der Waals surface area (Å²) in [4.78, 5) is 13.2. The minimum Gasteiger partial charge on any atom is -0.380 e. The Bertz CT molecular complexity index is 845. The van der Waals surface area contributed by atoms with Crippen LogP contribution in [0.15, 0.2) is 24.3 Å². The molecule has 29 heavy (non-hydrogen) atoms. The first-order valence-corrected chi connectivity index (χ1v) is 10.5. The fourth-order valence-electron chi connectivity index (χ4n) is 4.17. The third kappa shape index (κ3) is 4.42. The number of ether oxygens (including phenoxy) is 2. The van der Waals surface area contributed by atoms with Gasteiger partial charge < -0.3 is 25.0 Å². The average Bonchev–Trinajstić information content (AvgIpc) is 3.05. The Kier molecular flexibility index (Phi) is 6.08. The van der Waals surface area contributed by atoms with E-state index in [-0.39, 0.29) is 18.1 Å². The van der Waals surface area contributed by atoms with Gasteiger partial charge in [0.2, 0.25) is 5.95 Å². The molecule has 0 spiro atoms. The minimum atomic E-state index is -0.0296. The summed E-state index contributed by atoms with van der Waals surface area (Å²) in [5.41, 5.74) is 8.92. The van der Waals surface area contributed by atoms with Gasteiger partial charge in [0.25, 0.3) is 0 Å². The van der Waals surface area contributed by atoms with Crippen molar-refractivity contribution in [2.75, 3.05) is 55.5 Å². The Balaban J connectivity index is 1.63. The van der Waals surface area contributed by atoms with E-state index in [9.17, 15) is 0 Å². The number of nitrogen functional groups attached to an aromatic ring is 1. The number of rotatable bonds is 4. The highest BCUT2D eigenvalue weighted by Crippen LogP contribution is 2.35. The molecule has 0 amide bonds. The monoisotopic (exact) mass is 417 g/mol. The van der Waals surface area contributed by atoms with Crippen LogP contribution in [0.1, 0.15) is 30.1 Å². The molecule has 2 saturated heterocycles. The van der Waals surface area contributed by atoms with E-state index in [1.54, 1.807) is 7.11 Å². The van der Waals surface area contributed by atoms with Gasteiger partial charge in [-0.15, -0.1) is 0 Å². The maximum absolute atomic E-state index is 6.78. The number of methoxy groups -OCH3 is 1. The number of hydrogen-bond donors (Lipinski definition) is 1. The first kappa shape index (κ1) is 20.2. The summed E-state index contributed by atoms with van der Waals surface area (Å²) < 4.78 is 11.4. The molecule has 7 nitrogen and oxygen atoms in total. The Morgan fingerprint density at radius 1 is 1.24 bits per heavy atom. The van der Waals surface area contributed by atoms with E-state index in [0.29, 0.717) is 13.2 Å². The molecule has 2 N–H and O–H groups in total. The summed E-state index contributed by atoms with van der Waals surface area (Å²) in [7, 11) is 1.77. The molecule has 3 heterocycles. The van der Waals surface area contributed by atoms with Crippen molar-refractivity contribution < 1.29 is 9.47 Å². The van der Waals surface area contributed by atoms with Crippen molar-refractivity contribution in [2.45, 2.75) is 31.9 Å². The lowest BCUT2D eigenvalue weighted by molar-refractivity contribution is 0.121. The molecule has 2 fully saturated rings. The SMILES string of the molecule is COC1CCN(c2ccc([C@H]3COCCCN3c3cc(C)nc(N)n3)c(Cl)c2)C1. The zero-order chi connectivity index (χ0) is 20.4. The Labute approximate surface area is 176 Å². The van der Waals surface area contributed by atoms with Crippen LogP contribution >= 0.6 is 11.6 Å². The van der Waals surface area contributed by atoms with Gasteiger partial charge in [0.05, 0.1) is 18.8 Å². The van der Waals surface area contributed by atoms with Gasteiger partial charge in [-0.3, -0.25) is 0 Å². The predicted octanol–water partition coefficient (Wildman–Crippen LogP) is 3.21. The third-order valence-corrected chi connectivity index (χ3v) is 6.01. The minimum absolute atomic E-state index is 0.0296. The molecule has 0 bridgehead atoms. The van der Waals surface area contributed by atoms with Gasteiger partial charge in [0.15, 0.2) is 0 Å². The Hall–Kier alpha value is -2.09. The van der Waals surface area contributed by atoms with Gasteiger partial charge in [-0.05, 0) is 37.5 Å². The maximum Gasteiger partial charge on any atom is 0.222 e. The van der Waals surface area contributed by atoms with E-state index in [0.717, 1.165) is 60.3 Å². The second-order valence-corrected chi connectivity index (χ2v) is 8.07. The molecule has 2 aliphatic heterocycles. The van der Waals surface area contributed by atoms with Gasteiger partial charge in [0, 0.05) is 55.8 Å². The lowest BCUT2D eigenvalue weighted by atomic mass is 10.0. The Morgan fingerprint density at radius 2 is 2.10 bits per heavy atom. The summed E-state index contributed by atoms with van der Waals surface area (Å²) in [5, 5.41) is 0.739. The normalized spacial score (nSPS) is 22.7. The van der Waals surface area contributed by atoms with Crippen molar-refractivity contribution >= 4 is 29.1 Å². The quantitative estimate of drug-likeness (QED) is 0.818. The van der Waals surface area contributed by atoms with Crippen LogP contribution in [0.3, 0.4) is 0 Å². The van der Waals surface area contributed by atoms with Crippen LogP contribution < -0.4 is 15.5 Å². The van der Waals surface area contributed by atoms with E-state index in [4.69, 9.17) is 26.8 Å². The van der Waals surface area contributed by atoms with E-state index in [1.807, 2.05) is 13.0 Å². The molecule has 8 heteroatoms. The van der Waals surface area contributed by atoms with Crippen LogP contribution in [0.4, 0.5) is 17.5 Å². The second kappa shape index (κ2) is 8.73. The van der Waals surface area contributed by atoms with Crippen molar-refractivity contribution in [3.05, 3.63) is 40.5 Å². The molecule has 1 aromatic carbocycles. The largest absolute Gasteiger partial charge is 0.380 e. The van der Waals surface area contributed by atoms with Crippen molar-refractivity contribution in [2.24, 2.45) is 0 Å². The summed E-state index contributed by atoms with van der Waals surface area (Å²) in [6, 6.07) is 8.24. The first-order valence-electron chi connectivity index (χ1n) is 10.1. The van der Waals surface area contributed by atoms with Crippen LogP contribution in [-0.2, 0) is 9.47 Å². The number of nitrogens with zero attached hydrogens (tertiary/aromatic N) is 4. The zero-order valence-electron chi connectivity index (χ0n) is 17.0. The second-order valence-electron chi connectivity index (χ2n) is 7.66. The highest BCUT2D eigenvalue weighted by Gasteiger charge is 2.28. The Morgan fingerprint density at radius 3 is 2.83 bits per heavy atom. The molecular formula is C21H28ClN5O2. The highest BCUT2D eigenvalue weighted by atomic mass is 35.5. The molecule has 2 atom stereocenters. The van der Waals surface area contributed by atoms with Gasteiger partial charge >= 0.3 is 0 Å². The summed E-state index contributed by atoms with van der Waals surface area (Å²) in [6.07, 6.45) is 2.24. The molecular weight excluding hydrogens is 390 g/mol. The highest BCUT2D eigenvalue weighted by molar-refractivity contribution is 6.31. The van der Waals surface area contributed by atoms with Gasteiger partial charge in [-0.25, -0.2) is 4.98 Å². The van der Waals surface area contributed by atoms with Crippen molar-refractivity contribution in [1.82, 2.24) is 9.97 Å². The summed E-state index contributed by atoms with van der Waals surface area (Å²) in [6.45, 7) is 5.89. The van der Waals surface area contributed by atoms with E-state index < -0.39 is 0 Å². The average molecular weight is 418 g/mol. The topological polar surface area (TPSA) is 76.7 Å². The summed E-state index contributed by atoms with van der Waals surface area (Å²) in [5.74, 6) is 1.10. The lowest BCUT2D eigenvalue weighted by Gasteiger charge is -2.32. The van der Waals surface area contributed by atoms with E-state index in [2.05, 4.69) is 38.0 Å². The zero-order valence-corrected chi connectivity index (χ0v) is 17.7. The number of hydrogen-bond acceptors (Lipinski definition) is 7. The molecule has 0 radical (unpaired) electrons. The van der Waals surface area contributed by atoms with Gasteiger partial charge in [0.1, 0.15) is 5.82 Å². The van der Waals surface area contributed by atoms with Crippen molar-refractivity contribution in [3.63, 3.8) is 0 Å². The predicted molar refractivity (Wildman–Crippen MR) is 116 cm³/mol. The smallest absolute Gasteiger partial charge is 0.222 e. The molecule has 1 aromatic heterocycles. The fraction of sp³-hybridized carbons (Fsp3) is 0.524. The van der Waals surface area contributed by atoms with Crippen LogP contribution in [0, 0.1) is 6.92 Å². The van der Waals surface area contributed by atoms with Gasteiger partial charge in [-0.1, -0.05) is 17.7 Å². The van der Waals surface area contributed by atoms with Gasteiger partial charge in [-0.2, -0.15) is 4.98 Å². The van der Waals surface area contributed by atoms with Crippen molar-refractivity contribution in [1.29, 1.82) is 0 Å². The fourth-order valence-corrected chi connectivity index (χ4v) is 4.47. The number of halogens is 1. The maximum atomic E-state index is 6.78. The van der Waals surface area contributed by atoms with Crippen LogP contribution in [0.2, 0.25) is 5.02 Å². The van der Waals surface area contributed by atoms with E-state index >= 15 is 0 Å². The molecule has 2 aliphatic rings. The number of benzene rings is 1. The number of nitrogens with two attached hydrogens (primary N) is 1. The van der Waals surface area contributed by atoms with Crippen LogP contribution in [-0.4, -0.2) is 56.0 Å². The van der Waals surface area contributed by atoms with Crippen LogP contribution in [0.25, 0.3) is 0 Å². The van der Waals surface area contributed by atoms with E-state index in [1.165, 1.54) is 0 Å². The standard InChI is InChI=1S/C21H28ClN5O2/c1-14-10-20(25-21(23)24-14)27-7-3-9-29-13-19(27)17-5-4-15(11-18(17)22)26-8-6-16(12-26)28-2/h4-5,10-11,16,19H,3,6-9,12-13H2,1-2H3,(H2,23,24,25)/t16?,19-/m1/s1. The third-order valence-electron chi connectivity index (χ3n) is 5.68. The molecule has 2 aromatic rings. The number of aromatic nitrogens is 2. The number of aryl methyl sites for hydroxylation is 1. The first-order chi connectivity index (χ1) is 14.0. The molecule has 4 rings (SSSR count). The molecule has 156 valence electrons. The lowest BCUT2D eigenvalue weighted by Crippen LogP contribution is -2.32. The van der Waals surface area contributed by atoms with Crippen LogP contribution in [0.5, 0.6) is 0 Å². The summed E-state index contributed by atoms with van der Waals surface area (Å²) >= 11 is 6.78.